The molecule has 1 fully saturated rings. The fourth-order valence-corrected chi connectivity index (χ4v) is 1.57. The number of carbonyl (C=O) groups excluding carboxylic acids is 1. The second kappa shape index (κ2) is 3.93. The molecule has 15 heavy (non-hydrogen) atoms. The summed E-state index contributed by atoms with van der Waals surface area (Å²) in [5.41, 5.74) is 0.667. The van der Waals surface area contributed by atoms with Gasteiger partial charge < -0.3 is 9.47 Å². The van der Waals surface area contributed by atoms with Crippen LogP contribution in [0, 0.1) is 5.92 Å². The molecule has 1 aromatic rings. The zero-order valence-corrected chi connectivity index (χ0v) is 8.95. The summed E-state index contributed by atoms with van der Waals surface area (Å²) in [6.45, 7) is 0. The standard InChI is InChI=1S/C12H14O3/c1-14-9-5-6-10(11(7-9)15-2)12(13)8-3-4-8/h5-8H,3-4H2,1-2H3. The molecule has 1 aliphatic rings. The number of rotatable bonds is 4. The predicted molar refractivity (Wildman–Crippen MR) is 56.6 cm³/mol. The van der Waals surface area contributed by atoms with Crippen LogP contribution in [-0.2, 0) is 0 Å². The highest BCUT2D eigenvalue weighted by atomic mass is 16.5. The van der Waals surface area contributed by atoms with Gasteiger partial charge in [0.2, 0.25) is 0 Å². The molecule has 0 unspecified atom stereocenters. The number of benzene rings is 1. The van der Waals surface area contributed by atoms with Gasteiger partial charge in [0.05, 0.1) is 19.8 Å². The molecule has 0 aliphatic heterocycles. The lowest BCUT2D eigenvalue weighted by molar-refractivity contribution is 0.0964. The van der Waals surface area contributed by atoms with Crippen molar-refractivity contribution in [2.45, 2.75) is 12.8 Å². The molecule has 0 amide bonds. The first-order valence-electron chi connectivity index (χ1n) is 5.02. The van der Waals surface area contributed by atoms with Crippen molar-refractivity contribution in [1.29, 1.82) is 0 Å². The molecule has 1 aromatic carbocycles. The second-order valence-corrected chi connectivity index (χ2v) is 3.70. The van der Waals surface area contributed by atoms with Gasteiger partial charge in [-0.25, -0.2) is 0 Å². The van der Waals surface area contributed by atoms with Gasteiger partial charge in [0.25, 0.3) is 0 Å². The first kappa shape index (κ1) is 10.0. The van der Waals surface area contributed by atoms with Crippen LogP contribution in [0.15, 0.2) is 18.2 Å². The van der Waals surface area contributed by atoms with Crippen molar-refractivity contribution in [3.63, 3.8) is 0 Å². The lowest BCUT2D eigenvalue weighted by Crippen LogP contribution is -2.04. The first-order valence-corrected chi connectivity index (χ1v) is 5.02. The summed E-state index contributed by atoms with van der Waals surface area (Å²) in [5.74, 6) is 1.72. The molecule has 3 nitrogen and oxygen atoms in total. The maximum Gasteiger partial charge on any atom is 0.169 e. The molecule has 0 N–H and O–H groups in total. The molecule has 0 heterocycles. The minimum Gasteiger partial charge on any atom is -0.497 e. The van der Waals surface area contributed by atoms with Crippen molar-refractivity contribution < 1.29 is 14.3 Å². The van der Waals surface area contributed by atoms with Crippen LogP contribution in [0.5, 0.6) is 11.5 Å². The van der Waals surface area contributed by atoms with Gasteiger partial charge in [-0.15, -0.1) is 0 Å². The van der Waals surface area contributed by atoms with Crippen molar-refractivity contribution in [1.82, 2.24) is 0 Å². The molecule has 0 saturated heterocycles. The smallest absolute Gasteiger partial charge is 0.169 e. The van der Waals surface area contributed by atoms with Gasteiger partial charge in [-0.2, -0.15) is 0 Å². The van der Waals surface area contributed by atoms with Crippen LogP contribution < -0.4 is 9.47 Å². The maximum absolute atomic E-state index is 11.9. The van der Waals surface area contributed by atoms with Crippen molar-refractivity contribution in [3.05, 3.63) is 23.8 Å². The van der Waals surface area contributed by atoms with E-state index in [0.29, 0.717) is 17.1 Å². The summed E-state index contributed by atoms with van der Waals surface area (Å²) in [7, 11) is 3.16. The Bertz CT molecular complexity index is 380. The van der Waals surface area contributed by atoms with Crippen molar-refractivity contribution in [2.75, 3.05) is 14.2 Å². The van der Waals surface area contributed by atoms with E-state index in [0.717, 1.165) is 12.8 Å². The summed E-state index contributed by atoms with van der Waals surface area (Å²) >= 11 is 0. The summed E-state index contributed by atoms with van der Waals surface area (Å²) in [6, 6.07) is 5.31. The van der Waals surface area contributed by atoms with E-state index < -0.39 is 0 Å². The predicted octanol–water partition coefficient (Wildman–Crippen LogP) is 2.30. The SMILES string of the molecule is COc1ccc(C(=O)C2CC2)c(OC)c1. The van der Waals surface area contributed by atoms with Gasteiger partial charge in [-0.05, 0) is 25.0 Å². The van der Waals surface area contributed by atoms with Crippen LogP contribution in [0.1, 0.15) is 23.2 Å². The third-order valence-corrected chi connectivity index (χ3v) is 2.62. The average Bonchev–Trinajstić information content (AvgIpc) is 3.11. The number of methoxy groups -OCH3 is 2. The molecule has 2 rings (SSSR count). The molecule has 80 valence electrons. The number of carbonyl (C=O) groups is 1. The molecule has 0 atom stereocenters. The first-order chi connectivity index (χ1) is 7.26. The lowest BCUT2D eigenvalue weighted by Gasteiger charge is -2.08. The fourth-order valence-electron chi connectivity index (χ4n) is 1.57. The number of ether oxygens (including phenoxy) is 2. The van der Waals surface area contributed by atoms with E-state index in [1.165, 1.54) is 0 Å². The quantitative estimate of drug-likeness (QED) is 0.709. The topological polar surface area (TPSA) is 35.5 Å². The van der Waals surface area contributed by atoms with Crippen molar-refractivity contribution in [3.8, 4) is 11.5 Å². The average molecular weight is 206 g/mol. The number of hydrogen-bond acceptors (Lipinski definition) is 3. The Hall–Kier alpha value is -1.51. The monoisotopic (exact) mass is 206 g/mol. The molecular weight excluding hydrogens is 192 g/mol. The molecule has 0 bridgehead atoms. The molecule has 1 saturated carbocycles. The van der Waals surface area contributed by atoms with Crippen LogP contribution in [0.3, 0.4) is 0 Å². The third kappa shape index (κ3) is 1.96. The van der Waals surface area contributed by atoms with Crippen molar-refractivity contribution in [2.24, 2.45) is 5.92 Å². The maximum atomic E-state index is 11.9. The number of hydrogen-bond donors (Lipinski definition) is 0. The fraction of sp³-hybridized carbons (Fsp3) is 0.417. The molecule has 0 radical (unpaired) electrons. The van der Waals surface area contributed by atoms with E-state index in [2.05, 4.69) is 0 Å². The third-order valence-electron chi connectivity index (χ3n) is 2.62. The highest BCUT2D eigenvalue weighted by molar-refractivity contribution is 6.01. The van der Waals surface area contributed by atoms with E-state index in [-0.39, 0.29) is 11.7 Å². The highest BCUT2D eigenvalue weighted by Gasteiger charge is 2.32. The molecule has 0 aromatic heterocycles. The Morgan fingerprint density at radius 3 is 2.53 bits per heavy atom. The van der Waals surface area contributed by atoms with Gasteiger partial charge in [0, 0.05) is 12.0 Å². The Morgan fingerprint density at radius 2 is 2.00 bits per heavy atom. The van der Waals surface area contributed by atoms with Crippen molar-refractivity contribution >= 4 is 5.78 Å². The van der Waals surface area contributed by atoms with Crippen LogP contribution in [-0.4, -0.2) is 20.0 Å². The molecule has 3 heteroatoms. The normalized spacial score (nSPS) is 14.8. The Kier molecular flexibility index (Phi) is 2.62. The minimum absolute atomic E-state index is 0.189. The highest BCUT2D eigenvalue weighted by Crippen LogP contribution is 2.36. The van der Waals surface area contributed by atoms with Crippen LogP contribution in [0.4, 0.5) is 0 Å². The molecule has 0 spiro atoms. The van der Waals surface area contributed by atoms with Crippen LogP contribution in [0.2, 0.25) is 0 Å². The summed E-state index contributed by atoms with van der Waals surface area (Å²) in [5, 5.41) is 0. The molecular formula is C12H14O3. The van der Waals surface area contributed by atoms with E-state index in [1.807, 2.05) is 0 Å². The zero-order chi connectivity index (χ0) is 10.8. The van der Waals surface area contributed by atoms with Gasteiger partial charge in [-0.3, -0.25) is 4.79 Å². The Morgan fingerprint density at radius 1 is 1.27 bits per heavy atom. The van der Waals surface area contributed by atoms with E-state index in [9.17, 15) is 4.79 Å². The van der Waals surface area contributed by atoms with E-state index in [4.69, 9.17) is 9.47 Å². The molecule has 1 aliphatic carbocycles. The van der Waals surface area contributed by atoms with E-state index >= 15 is 0 Å². The number of ketones is 1. The summed E-state index contributed by atoms with van der Waals surface area (Å²) in [6.07, 6.45) is 2.02. The Balaban J connectivity index is 2.33. The minimum atomic E-state index is 0.189. The van der Waals surface area contributed by atoms with E-state index in [1.54, 1.807) is 32.4 Å². The number of Topliss-reactive ketones (excluding diaryl/α,β-unsaturated/α-hetero) is 1. The van der Waals surface area contributed by atoms with Crippen LogP contribution in [0.25, 0.3) is 0 Å². The summed E-state index contributed by atoms with van der Waals surface area (Å²) in [4.78, 5) is 11.9. The summed E-state index contributed by atoms with van der Waals surface area (Å²) < 4.78 is 10.3. The van der Waals surface area contributed by atoms with Gasteiger partial charge in [-0.1, -0.05) is 0 Å². The van der Waals surface area contributed by atoms with Gasteiger partial charge in [0.15, 0.2) is 5.78 Å². The van der Waals surface area contributed by atoms with Crippen LogP contribution >= 0.6 is 0 Å². The zero-order valence-electron chi connectivity index (χ0n) is 8.95. The van der Waals surface area contributed by atoms with Gasteiger partial charge >= 0.3 is 0 Å². The lowest BCUT2D eigenvalue weighted by atomic mass is 10.1. The Labute approximate surface area is 89.0 Å². The van der Waals surface area contributed by atoms with Gasteiger partial charge in [0.1, 0.15) is 11.5 Å². The largest absolute Gasteiger partial charge is 0.497 e. The second-order valence-electron chi connectivity index (χ2n) is 3.70.